The number of carbonyl (C=O) groups is 1. The molecule has 1 heterocycles. The Morgan fingerprint density at radius 3 is 2.44 bits per heavy atom. The number of benzene rings is 3. The highest BCUT2D eigenvalue weighted by atomic mass is 16.5. The Bertz CT molecular complexity index is 1100. The Kier molecular flexibility index (Phi) is 3.58. The maximum absolute atomic E-state index is 11.8. The maximum atomic E-state index is 11.8. The van der Waals surface area contributed by atoms with E-state index in [-0.39, 0.29) is 5.56 Å². The van der Waals surface area contributed by atoms with Crippen LogP contribution in [-0.2, 0) is 0 Å². The lowest BCUT2D eigenvalue weighted by molar-refractivity contribution is 0.0699. The summed E-state index contributed by atoms with van der Waals surface area (Å²) in [5.41, 5.74) is 2.42. The van der Waals surface area contributed by atoms with E-state index in [2.05, 4.69) is 0 Å². The van der Waals surface area contributed by atoms with Crippen molar-refractivity contribution in [2.45, 2.75) is 0 Å². The predicted molar refractivity (Wildman–Crippen MR) is 98.2 cm³/mol. The standard InChI is InChI=1S/C21H15NO3/c1-25-15-9-6-14(7-10-15)19-12-18(21(23)24)17-11-8-13-4-2-3-5-16(13)20(17)22-19/h2-12H,1H3,(H,23,24). The number of fused-ring (bicyclic) bond motifs is 3. The zero-order valence-electron chi connectivity index (χ0n) is 13.6. The van der Waals surface area contributed by atoms with E-state index in [1.54, 1.807) is 13.2 Å². The van der Waals surface area contributed by atoms with Gasteiger partial charge in [0.15, 0.2) is 0 Å². The molecule has 0 spiro atoms. The van der Waals surface area contributed by atoms with Gasteiger partial charge in [-0.15, -0.1) is 0 Å². The van der Waals surface area contributed by atoms with Crippen molar-refractivity contribution >= 4 is 27.6 Å². The highest BCUT2D eigenvalue weighted by molar-refractivity contribution is 6.12. The molecule has 0 amide bonds. The van der Waals surface area contributed by atoms with E-state index in [0.717, 1.165) is 22.1 Å². The minimum atomic E-state index is -0.961. The topological polar surface area (TPSA) is 59.4 Å². The Hall–Kier alpha value is -3.40. The molecule has 122 valence electrons. The van der Waals surface area contributed by atoms with E-state index in [9.17, 15) is 9.90 Å². The zero-order chi connectivity index (χ0) is 17.4. The van der Waals surface area contributed by atoms with Gasteiger partial charge in [-0.2, -0.15) is 0 Å². The van der Waals surface area contributed by atoms with Crippen LogP contribution < -0.4 is 4.74 Å². The third-order valence-corrected chi connectivity index (χ3v) is 4.32. The van der Waals surface area contributed by atoms with Crippen LogP contribution in [0.1, 0.15) is 10.4 Å². The Labute approximate surface area is 144 Å². The van der Waals surface area contributed by atoms with Gasteiger partial charge in [-0.3, -0.25) is 0 Å². The second-order valence-electron chi connectivity index (χ2n) is 5.77. The molecule has 1 N–H and O–H groups in total. The minimum Gasteiger partial charge on any atom is -0.497 e. The van der Waals surface area contributed by atoms with Crippen molar-refractivity contribution in [1.29, 1.82) is 0 Å². The van der Waals surface area contributed by atoms with E-state index >= 15 is 0 Å². The molecule has 4 nitrogen and oxygen atoms in total. The molecule has 4 aromatic rings. The summed E-state index contributed by atoms with van der Waals surface area (Å²) in [6.07, 6.45) is 0. The van der Waals surface area contributed by atoms with Crippen molar-refractivity contribution in [1.82, 2.24) is 4.98 Å². The largest absolute Gasteiger partial charge is 0.497 e. The molecule has 1 aromatic heterocycles. The summed E-state index contributed by atoms with van der Waals surface area (Å²) in [5, 5.41) is 12.3. The maximum Gasteiger partial charge on any atom is 0.336 e. The normalized spacial score (nSPS) is 10.9. The van der Waals surface area contributed by atoms with Crippen molar-refractivity contribution in [3.05, 3.63) is 72.3 Å². The van der Waals surface area contributed by atoms with Crippen LogP contribution >= 0.6 is 0 Å². The van der Waals surface area contributed by atoms with Gasteiger partial charge in [0, 0.05) is 16.3 Å². The van der Waals surface area contributed by atoms with Crippen molar-refractivity contribution in [3.63, 3.8) is 0 Å². The fraction of sp³-hybridized carbons (Fsp3) is 0.0476. The number of pyridine rings is 1. The van der Waals surface area contributed by atoms with Crippen LogP contribution in [0.4, 0.5) is 0 Å². The average molecular weight is 329 g/mol. The number of rotatable bonds is 3. The third-order valence-electron chi connectivity index (χ3n) is 4.32. The second-order valence-corrected chi connectivity index (χ2v) is 5.77. The SMILES string of the molecule is COc1ccc(-c2cc(C(=O)O)c3ccc4ccccc4c3n2)cc1. The van der Waals surface area contributed by atoms with Crippen LogP contribution in [0.2, 0.25) is 0 Å². The summed E-state index contributed by atoms with van der Waals surface area (Å²) in [7, 11) is 1.61. The number of aromatic carboxylic acids is 1. The lowest BCUT2D eigenvalue weighted by Crippen LogP contribution is -2.00. The molecule has 4 rings (SSSR count). The molecule has 0 atom stereocenters. The summed E-state index contributed by atoms with van der Waals surface area (Å²) < 4.78 is 5.18. The van der Waals surface area contributed by atoms with Crippen LogP contribution in [0.5, 0.6) is 5.75 Å². The molecular formula is C21H15NO3. The zero-order valence-corrected chi connectivity index (χ0v) is 13.6. The summed E-state index contributed by atoms with van der Waals surface area (Å²) >= 11 is 0. The smallest absolute Gasteiger partial charge is 0.336 e. The number of methoxy groups -OCH3 is 1. The molecule has 0 fully saturated rings. The quantitative estimate of drug-likeness (QED) is 0.550. The van der Waals surface area contributed by atoms with E-state index < -0.39 is 5.97 Å². The lowest BCUT2D eigenvalue weighted by Gasteiger charge is -2.10. The van der Waals surface area contributed by atoms with Crippen LogP contribution in [0.25, 0.3) is 32.9 Å². The van der Waals surface area contributed by atoms with Gasteiger partial charge < -0.3 is 9.84 Å². The van der Waals surface area contributed by atoms with Crippen molar-refractivity contribution in [2.24, 2.45) is 0 Å². The monoisotopic (exact) mass is 329 g/mol. The molecule has 0 unspecified atom stereocenters. The predicted octanol–water partition coefficient (Wildman–Crippen LogP) is 4.76. The van der Waals surface area contributed by atoms with Gasteiger partial charge in [0.1, 0.15) is 5.75 Å². The Morgan fingerprint density at radius 2 is 1.72 bits per heavy atom. The van der Waals surface area contributed by atoms with Crippen LogP contribution in [-0.4, -0.2) is 23.2 Å². The molecule has 0 saturated heterocycles. The number of carboxylic acids is 1. The lowest BCUT2D eigenvalue weighted by atomic mass is 10.00. The van der Waals surface area contributed by atoms with Crippen LogP contribution in [0.15, 0.2) is 66.7 Å². The van der Waals surface area contributed by atoms with Crippen molar-refractivity contribution in [2.75, 3.05) is 7.11 Å². The van der Waals surface area contributed by atoms with Gasteiger partial charge in [-0.1, -0.05) is 36.4 Å². The first kappa shape index (κ1) is 15.1. The molecule has 25 heavy (non-hydrogen) atoms. The molecule has 0 aliphatic heterocycles. The Balaban J connectivity index is 2.04. The molecule has 4 heteroatoms. The number of nitrogens with zero attached hydrogens (tertiary/aromatic N) is 1. The Morgan fingerprint density at radius 1 is 0.960 bits per heavy atom. The molecule has 0 aliphatic rings. The summed E-state index contributed by atoms with van der Waals surface area (Å²) in [6.45, 7) is 0. The summed E-state index contributed by atoms with van der Waals surface area (Å²) in [6, 6.07) is 20.7. The van der Waals surface area contributed by atoms with E-state index in [0.29, 0.717) is 16.6 Å². The van der Waals surface area contributed by atoms with E-state index in [4.69, 9.17) is 9.72 Å². The summed E-state index contributed by atoms with van der Waals surface area (Å²) in [4.78, 5) is 16.6. The van der Waals surface area contributed by atoms with Crippen molar-refractivity contribution < 1.29 is 14.6 Å². The van der Waals surface area contributed by atoms with Crippen molar-refractivity contribution in [3.8, 4) is 17.0 Å². The van der Waals surface area contributed by atoms with Crippen LogP contribution in [0, 0.1) is 0 Å². The number of carboxylic acid groups (broad SMARTS) is 1. The fourth-order valence-electron chi connectivity index (χ4n) is 3.05. The van der Waals surface area contributed by atoms with Gasteiger partial charge >= 0.3 is 5.97 Å². The highest BCUT2D eigenvalue weighted by Crippen LogP contribution is 2.30. The fourth-order valence-corrected chi connectivity index (χ4v) is 3.05. The number of aromatic nitrogens is 1. The summed E-state index contributed by atoms with van der Waals surface area (Å²) in [5.74, 6) is -0.217. The van der Waals surface area contributed by atoms with E-state index in [1.807, 2.05) is 60.7 Å². The third kappa shape index (κ3) is 2.58. The first-order valence-electron chi connectivity index (χ1n) is 7.87. The second kappa shape index (κ2) is 5.91. The average Bonchev–Trinajstić information content (AvgIpc) is 2.67. The number of hydrogen-bond acceptors (Lipinski definition) is 3. The first-order valence-corrected chi connectivity index (χ1v) is 7.87. The molecule has 0 aliphatic carbocycles. The van der Waals surface area contributed by atoms with Gasteiger partial charge in [-0.05, 0) is 35.7 Å². The molecular weight excluding hydrogens is 314 g/mol. The molecule has 0 radical (unpaired) electrons. The first-order chi connectivity index (χ1) is 12.2. The van der Waals surface area contributed by atoms with Gasteiger partial charge in [0.2, 0.25) is 0 Å². The number of ether oxygens (including phenoxy) is 1. The minimum absolute atomic E-state index is 0.251. The van der Waals surface area contributed by atoms with Gasteiger partial charge in [0.25, 0.3) is 0 Å². The number of hydrogen-bond donors (Lipinski definition) is 1. The molecule has 0 saturated carbocycles. The molecule has 3 aromatic carbocycles. The van der Waals surface area contributed by atoms with E-state index in [1.165, 1.54) is 0 Å². The molecule has 0 bridgehead atoms. The van der Waals surface area contributed by atoms with Gasteiger partial charge in [-0.25, -0.2) is 9.78 Å². The highest BCUT2D eigenvalue weighted by Gasteiger charge is 2.14. The van der Waals surface area contributed by atoms with Crippen LogP contribution in [0.3, 0.4) is 0 Å². The van der Waals surface area contributed by atoms with Gasteiger partial charge in [0.05, 0.1) is 23.9 Å².